The van der Waals surface area contributed by atoms with E-state index in [1.807, 2.05) is 0 Å². The van der Waals surface area contributed by atoms with Gasteiger partial charge in [0.2, 0.25) is 0 Å². The molecule has 0 saturated carbocycles. The predicted molar refractivity (Wildman–Crippen MR) is 13.9 cm³/mol. The van der Waals surface area contributed by atoms with Crippen LogP contribution >= 0.6 is 8.69 Å². The highest BCUT2D eigenvalue weighted by molar-refractivity contribution is 7.38. The molecule has 0 unspecified atom stereocenters. The molecule has 0 saturated heterocycles. The largest absolute Gasteiger partial charge is 0.450 e. The van der Waals surface area contributed by atoms with E-state index < -0.39 is 8.69 Å². The van der Waals surface area contributed by atoms with Gasteiger partial charge in [0.15, 0.2) is 0 Å². The lowest BCUT2D eigenvalue weighted by atomic mass is 15.9. The van der Waals surface area contributed by atoms with Crippen LogP contribution in [0.15, 0.2) is 0 Å². The maximum absolute atomic E-state index is 10.2. The molecule has 0 aliphatic rings. The number of hydrogen-bond acceptors (Lipinski definition) is 2. The lowest BCUT2D eigenvalue weighted by Gasteiger charge is -1.60. The smallest absolute Gasteiger partial charge is 0.190 e. The monoisotopic (exact) mass is 85.0 g/mol. The fourth-order valence-corrected chi connectivity index (χ4v) is 0. The average molecular weight is 85.0 g/mol. The van der Waals surface area contributed by atoms with Crippen LogP contribution in [0.3, 0.4) is 0 Å². The molecule has 0 bridgehead atoms. The van der Waals surface area contributed by atoms with E-state index in [0.717, 1.165) is 0 Å². The Balaban J connectivity index is 2.32. The van der Waals surface area contributed by atoms with Gasteiger partial charge in [-0.25, -0.2) is 0 Å². The van der Waals surface area contributed by atoms with Gasteiger partial charge < -0.3 is 0 Å². The maximum Gasteiger partial charge on any atom is 0.450 e. The van der Waals surface area contributed by atoms with Gasteiger partial charge in [0.05, 0.1) is 0 Å². The molecule has 0 amide bonds. The normalized spacial score (nSPS) is 9.00. The summed E-state index contributed by atoms with van der Waals surface area (Å²) in [6, 6.07) is 0. The molecule has 0 aromatic rings. The molecule has 0 atom stereocenters. The summed E-state index contributed by atoms with van der Waals surface area (Å²) >= 11 is 0. The van der Waals surface area contributed by atoms with Gasteiger partial charge in [0.1, 0.15) is 0 Å². The maximum atomic E-state index is 10.2. The summed E-state index contributed by atoms with van der Waals surface area (Å²) < 4.78 is 10.2. The SMILES string of the molecule is O[PH+](O)F. The highest BCUT2D eigenvalue weighted by Gasteiger charge is 1.92. The molecule has 0 aromatic carbocycles. The molecule has 4 heavy (non-hydrogen) atoms. The fourth-order valence-electron chi connectivity index (χ4n) is 0. The number of hydrogen-bond donors (Lipinski definition) is 2. The Morgan fingerprint density at radius 1 is 1.50 bits per heavy atom. The van der Waals surface area contributed by atoms with E-state index in [2.05, 4.69) is 0 Å². The molecule has 0 aliphatic carbocycles. The van der Waals surface area contributed by atoms with E-state index in [4.69, 9.17) is 9.79 Å². The van der Waals surface area contributed by atoms with Gasteiger partial charge in [-0.05, 0) is 0 Å². The molecule has 2 nitrogen and oxygen atoms in total. The topological polar surface area (TPSA) is 40.5 Å². The van der Waals surface area contributed by atoms with Crippen molar-refractivity contribution in [2.75, 3.05) is 0 Å². The second-order valence-electron chi connectivity index (χ2n) is 0.269. The van der Waals surface area contributed by atoms with Crippen LogP contribution in [0.4, 0.5) is 4.20 Å². The first kappa shape index (κ1) is 4.28. The molecule has 0 aromatic heterocycles. The van der Waals surface area contributed by atoms with E-state index >= 15 is 0 Å². The fraction of sp³-hybridized carbons (Fsp3) is 0. The Morgan fingerprint density at radius 2 is 1.50 bits per heavy atom. The average Bonchev–Trinajstić information content (AvgIpc) is 0.811. The van der Waals surface area contributed by atoms with Crippen LogP contribution in [-0.2, 0) is 0 Å². The zero-order valence-corrected chi connectivity index (χ0v) is 2.77. The minimum Gasteiger partial charge on any atom is -0.190 e. The molecule has 0 heterocycles. The zero-order valence-electron chi connectivity index (χ0n) is 1.77. The third-order valence-corrected chi connectivity index (χ3v) is 0. The molecule has 0 aliphatic heterocycles. The zero-order chi connectivity index (χ0) is 3.58. The molecule has 0 rings (SSSR count). The van der Waals surface area contributed by atoms with E-state index in [-0.39, 0.29) is 0 Å². The molecular formula is H3FO2P+. The van der Waals surface area contributed by atoms with Crippen LogP contribution in [0.5, 0.6) is 0 Å². The van der Waals surface area contributed by atoms with Gasteiger partial charge in [-0.1, -0.05) is 0 Å². The number of halogens is 1. The Labute approximate surface area is 23.9 Å². The van der Waals surface area contributed by atoms with Crippen LogP contribution in [0, 0.1) is 0 Å². The van der Waals surface area contributed by atoms with Crippen molar-refractivity contribution in [2.45, 2.75) is 0 Å². The first-order valence-electron chi connectivity index (χ1n) is 0.636. The Morgan fingerprint density at radius 3 is 1.50 bits per heavy atom. The number of rotatable bonds is 0. The quantitative estimate of drug-likeness (QED) is 0.403. The molecular weight excluding hydrogens is 82.0 g/mol. The van der Waals surface area contributed by atoms with Crippen molar-refractivity contribution in [3.05, 3.63) is 0 Å². The Bertz CT molecular complexity index is 10.8. The summed E-state index contributed by atoms with van der Waals surface area (Å²) in [7, 11) is -3.38. The van der Waals surface area contributed by atoms with Gasteiger partial charge in [0.25, 0.3) is 0 Å². The summed E-state index contributed by atoms with van der Waals surface area (Å²) in [4.78, 5) is 14.1. The van der Waals surface area contributed by atoms with Gasteiger partial charge in [-0.15, -0.1) is 0 Å². The summed E-state index contributed by atoms with van der Waals surface area (Å²) in [6.07, 6.45) is 0. The van der Waals surface area contributed by atoms with Crippen molar-refractivity contribution < 1.29 is 14.0 Å². The summed E-state index contributed by atoms with van der Waals surface area (Å²) in [6.45, 7) is 0. The highest BCUT2D eigenvalue weighted by atomic mass is 31.2. The minimum atomic E-state index is -3.38. The van der Waals surface area contributed by atoms with Crippen molar-refractivity contribution in [1.29, 1.82) is 0 Å². The highest BCUT2D eigenvalue weighted by Crippen LogP contribution is 2.22. The first-order valence-corrected chi connectivity index (χ1v) is 1.91. The standard InChI is InChI=1S/FH3O2P/c1-4(2)3/h2-4H/q+1. The third kappa shape index (κ3) is 47.6. The van der Waals surface area contributed by atoms with Crippen molar-refractivity contribution in [2.24, 2.45) is 0 Å². The van der Waals surface area contributed by atoms with Crippen molar-refractivity contribution in [1.82, 2.24) is 0 Å². The molecule has 2 N–H and O–H groups in total. The molecule has 0 radical (unpaired) electrons. The molecule has 26 valence electrons. The minimum absolute atomic E-state index is 3.38. The van der Waals surface area contributed by atoms with Crippen LogP contribution in [-0.4, -0.2) is 9.79 Å². The molecule has 4 heteroatoms. The van der Waals surface area contributed by atoms with Crippen molar-refractivity contribution in [3.63, 3.8) is 0 Å². The Hall–Kier alpha value is 0.280. The van der Waals surface area contributed by atoms with Gasteiger partial charge >= 0.3 is 8.69 Å². The van der Waals surface area contributed by atoms with Gasteiger partial charge in [-0.2, -0.15) is 9.79 Å². The van der Waals surface area contributed by atoms with E-state index in [1.165, 1.54) is 0 Å². The Kier molecular flexibility index (Phi) is 1.70. The molecule has 0 fully saturated rings. The van der Waals surface area contributed by atoms with Crippen molar-refractivity contribution in [3.8, 4) is 0 Å². The predicted octanol–water partition coefficient (Wildman–Crippen LogP) is -0.100. The van der Waals surface area contributed by atoms with Gasteiger partial charge in [-0.3, -0.25) is 0 Å². The summed E-state index contributed by atoms with van der Waals surface area (Å²) in [5, 5.41) is 0. The first-order chi connectivity index (χ1) is 1.73. The van der Waals surface area contributed by atoms with Crippen LogP contribution in [0.1, 0.15) is 0 Å². The lowest BCUT2D eigenvalue weighted by molar-refractivity contribution is 0.428. The second kappa shape index (κ2) is 1.58. The summed E-state index contributed by atoms with van der Waals surface area (Å²) in [5.74, 6) is 0. The van der Waals surface area contributed by atoms with E-state index in [0.29, 0.717) is 0 Å². The molecule has 0 spiro atoms. The van der Waals surface area contributed by atoms with Crippen LogP contribution in [0.25, 0.3) is 0 Å². The lowest BCUT2D eigenvalue weighted by Crippen LogP contribution is -1.43. The van der Waals surface area contributed by atoms with Crippen molar-refractivity contribution >= 4 is 8.69 Å². The van der Waals surface area contributed by atoms with Gasteiger partial charge in [0, 0.05) is 4.20 Å². The van der Waals surface area contributed by atoms with E-state index in [9.17, 15) is 4.20 Å². The van der Waals surface area contributed by atoms with E-state index in [1.54, 1.807) is 0 Å². The van der Waals surface area contributed by atoms with Crippen LogP contribution in [0.2, 0.25) is 0 Å². The van der Waals surface area contributed by atoms with Crippen LogP contribution < -0.4 is 0 Å². The third-order valence-electron chi connectivity index (χ3n) is 0. The summed E-state index contributed by atoms with van der Waals surface area (Å²) in [5.41, 5.74) is 0. The second-order valence-corrected chi connectivity index (χ2v) is 0.807.